The zero-order valence-corrected chi connectivity index (χ0v) is 15.7. The smallest absolute Gasteiger partial charge is 0.274 e. The normalized spacial score (nSPS) is 15.2. The van der Waals surface area contributed by atoms with E-state index in [1.807, 2.05) is 36.4 Å². The van der Waals surface area contributed by atoms with Crippen molar-refractivity contribution in [2.24, 2.45) is 4.99 Å². The van der Waals surface area contributed by atoms with Gasteiger partial charge in [0.15, 0.2) is 0 Å². The number of nitrogens with one attached hydrogen (secondary N) is 1. The average Bonchev–Trinajstić information content (AvgIpc) is 3.09. The van der Waals surface area contributed by atoms with Gasteiger partial charge in [0, 0.05) is 26.2 Å². The molecule has 1 N–H and O–H groups in total. The number of benzodiazepines with no additional fused rings is 1. The molecule has 0 fully saturated rings. The lowest BCUT2D eigenvalue weighted by Crippen LogP contribution is -2.12. The van der Waals surface area contributed by atoms with Crippen LogP contribution in [0, 0.1) is 0 Å². The molecule has 6 heteroatoms. The highest BCUT2D eigenvalue weighted by Gasteiger charge is 2.23. The molecule has 1 aliphatic heterocycles. The lowest BCUT2D eigenvalue weighted by Gasteiger charge is -2.11. The fourth-order valence-electron chi connectivity index (χ4n) is 2.71. The number of aliphatic imine (C=N–C) groups is 1. The molecule has 0 saturated carbocycles. The molecule has 2 heterocycles. The Balaban J connectivity index is 1.97. The summed E-state index contributed by atoms with van der Waals surface area (Å²) in [6.45, 7) is 0. The average molecular weight is 428 g/mol. The van der Waals surface area contributed by atoms with Crippen LogP contribution >= 0.6 is 27.5 Å². The monoisotopic (exact) mass is 426 g/mol. The van der Waals surface area contributed by atoms with Crippen molar-refractivity contribution in [3.05, 3.63) is 92.9 Å². The number of carbonyl (C=O) groups excluding carboxylic acids is 1. The van der Waals surface area contributed by atoms with Crippen molar-refractivity contribution >= 4 is 50.9 Å². The van der Waals surface area contributed by atoms with E-state index in [1.165, 1.54) is 0 Å². The van der Waals surface area contributed by atoms with Crippen molar-refractivity contribution in [1.29, 1.82) is 0 Å². The quantitative estimate of drug-likeness (QED) is 0.547. The van der Waals surface area contributed by atoms with Crippen LogP contribution in [0.25, 0.3) is 6.08 Å². The highest BCUT2D eigenvalue weighted by molar-refractivity contribution is 9.10. The van der Waals surface area contributed by atoms with Crippen LogP contribution in [0.5, 0.6) is 0 Å². The number of furan rings is 1. The van der Waals surface area contributed by atoms with Crippen LogP contribution in [-0.2, 0) is 4.79 Å². The van der Waals surface area contributed by atoms with Gasteiger partial charge in [-0.2, -0.15) is 0 Å². The third-order valence-corrected chi connectivity index (χ3v) is 4.75. The maximum absolute atomic E-state index is 12.7. The number of nitrogens with zero attached hydrogens (tertiary/aromatic N) is 1. The first kappa shape index (κ1) is 16.8. The van der Waals surface area contributed by atoms with Crippen molar-refractivity contribution in [2.45, 2.75) is 0 Å². The standard InChI is InChI=1S/C20H12BrClN2O2/c21-13-5-6-17-15(10-13)19(14-3-1-2-4-16(14)22)23-18(20(25)24-17)9-12-7-8-26-11-12/h1-11H,(H,24,25)/b18-9+. The molecule has 0 spiro atoms. The molecule has 4 rings (SSSR count). The number of rotatable bonds is 2. The van der Waals surface area contributed by atoms with Gasteiger partial charge in [-0.05, 0) is 36.4 Å². The first-order valence-corrected chi connectivity index (χ1v) is 8.98. The molecule has 26 heavy (non-hydrogen) atoms. The molecule has 1 aromatic heterocycles. The van der Waals surface area contributed by atoms with Crippen molar-refractivity contribution in [3.63, 3.8) is 0 Å². The number of halogens is 2. The lowest BCUT2D eigenvalue weighted by atomic mass is 10.0. The summed E-state index contributed by atoms with van der Waals surface area (Å²) >= 11 is 9.90. The Labute approximate surface area is 163 Å². The molecule has 128 valence electrons. The summed E-state index contributed by atoms with van der Waals surface area (Å²) in [5, 5.41) is 3.48. The number of anilines is 1. The predicted molar refractivity (Wildman–Crippen MR) is 107 cm³/mol. The van der Waals surface area contributed by atoms with Crippen molar-refractivity contribution in [2.75, 3.05) is 5.32 Å². The summed E-state index contributed by atoms with van der Waals surface area (Å²) in [7, 11) is 0. The van der Waals surface area contributed by atoms with E-state index in [-0.39, 0.29) is 11.6 Å². The van der Waals surface area contributed by atoms with Gasteiger partial charge in [-0.1, -0.05) is 45.7 Å². The molecule has 0 radical (unpaired) electrons. The Bertz CT molecular complexity index is 1060. The minimum absolute atomic E-state index is 0.272. The number of hydrogen-bond donors (Lipinski definition) is 1. The van der Waals surface area contributed by atoms with Crippen molar-refractivity contribution in [1.82, 2.24) is 0 Å². The van der Waals surface area contributed by atoms with Gasteiger partial charge in [-0.25, -0.2) is 4.99 Å². The van der Waals surface area contributed by atoms with Gasteiger partial charge in [0.25, 0.3) is 5.91 Å². The van der Waals surface area contributed by atoms with E-state index in [4.69, 9.17) is 16.0 Å². The van der Waals surface area contributed by atoms with E-state index in [2.05, 4.69) is 26.2 Å². The van der Waals surface area contributed by atoms with E-state index in [1.54, 1.807) is 30.7 Å². The van der Waals surface area contributed by atoms with E-state index < -0.39 is 0 Å². The predicted octanol–water partition coefficient (Wildman–Crippen LogP) is 5.53. The lowest BCUT2D eigenvalue weighted by molar-refractivity contribution is -0.112. The first-order chi connectivity index (χ1) is 12.6. The van der Waals surface area contributed by atoms with Gasteiger partial charge in [0.1, 0.15) is 5.70 Å². The SMILES string of the molecule is O=C1Nc2ccc(Br)cc2C(c2ccccc2Cl)=N/C1=C/c1ccoc1. The van der Waals surface area contributed by atoms with Gasteiger partial charge in [-0.3, -0.25) is 4.79 Å². The van der Waals surface area contributed by atoms with E-state index in [9.17, 15) is 4.79 Å². The summed E-state index contributed by atoms with van der Waals surface area (Å²) in [5.74, 6) is -0.295. The maximum Gasteiger partial charge on any atom is 0.274 e. The van der Waals surface area contributed by atoms with Gasteiger partial charge >= 0.3 is 0 Å². The Hall–Kier alpha value is -2.63. The van der Waals surface area contributed by atoms with E-state index in [0.717, 1.165) is 21.2 Å². The van der Waals surface area contributed by atoms with E-state index >= 15 is 0 Å². The number of hydrogen-bond acceptors (Lipinski definition) is 3. The van der Waals surface area contributed by atoms with Gasteiger partial charge < -0.3 is 9.73 Å². The minimum atomic E-state index is -0.295. The Kier molecular flexibility index (Phi) is 4.49. The number of amides is 1. The molecule has 4 nitrogen and oxygen atoms in total. The van der Waals surface area contributed by atoms with Crippen LogP contribution in [0.2, 0.25) is 5.02 Å². The highest BCUT2D eigenvalue weighted by atomic mass is 79.9. The zero-order chi connectivity index (χ0) is 18.1. The molecule has 0 atom stereocenters. The third-order valence-electron chi connectivity index (χ3n) is 3.93. The first-order valence-electron chi connectivity index (χ1n) is 7.80. The van der Waals surface area contributed by atoms with Crippen LogP contribution in [0.15, 0.2) is 80.6 Å². The second-order valence-corrected chi connectivity index (χ2v) is 6.99. The molecule has 1 aliphatic rings. The summed E-state index contributed by atoms with van der Waals surface area (Å²) in [5.41, 5.74) is 3.87. The van der Waals surface area contributed by atoms with Gasteiger partial charge in [-0.15, -0.1) is 0 Å². The number of fused-ring (bicyclic) bond motifs is 1. The Morgan fingerprint density at radius 3 is 2.73 bits per heavy atom. The van der Waals surface area contributed by atoms with Crippen molar-refractivity contribution in [3.8, 4) is 0 Å². The fourth-order valence-corrected chi connectivity index (χ4v) is 3.30. The number of benzene rings is 2. The molecule has 0 saturated heterocycles. The van der Waals surface area contributed by atoms with Crippen LogP contribution in [-0.4, -0.2) is 11.6 Å². The van der Waals surface area contributed by atoms with Crippen LogP contribution in [0.1, 0.15) is 16.7 Å². The summed E-state index contributed by atoms with van der Waals surface area (Å²) in [6, 6.07) is 14.8. The Morgan fingerprint density at radius 1 is 1.12 bits per heavy atom. The molecule has 3 aromatic rings. The largest absolute Gasteiger partial charge is 0.472 e. The highest BCUT2D eigenvalue weighted by Crippen LogP contribution is 2.31. The summed E-state index contributed by atoms with van der Waals surface area (Å²) in [4.78, 5) is 17.4. The van der Waals surface area contributed by atoms with Crippen LogP contribution < -0.4 is 5.32 Å². The molecule has 0 bridgehead atoms. The topological polar surface area (TPSA) is 54.6 Å². The maximum atomic E-state index is 12.7. The Morgan fingerprint density at radius 2 is 1.96 bits per heavy atom. The molecule has 0 aliphatic carbocycles. The second-order valence-electron chi connectivity index (χ2n) is 5.67. The van der Waals surface area contributed by atoms with Crippen molar-refractivity contribution < 1.29 is 9.21 Å². The zero-order valence-electron chi connectivity index (χ0n) is 13.4. The van der Waals surface area contributed by atoms with Gasteiger partial charge in [0.2, 0.25) is 0 Å². The molecule has 2 aromatic carbocycles. The fraction of sp³-hybridized carbons (Fsp3) is 0. The van der Waals surface area contributed by atoms with Crippen LogP contribution in [0.4, 0.5) is 5.69 Å². The summed E-state index contributed by atoms with van der Waals surface area (Å²) in [6.07, 6.45) is 4.78. The molecule has 1 amide bonds. The minimum Gasteiger partial charge on any atom is -0.472 e. The molecule has 0 unspecified atom stereocenters. The third kappa shape index (κ3) is 3.23. The van der Waals surface area contributed by atoms with Crippen LogP contribution in [0.3, 0.4) is 0 Å². The van der Waals surface area contributed by atoms with Gasteiger partial charge in [0.05, 0.1) is 23.9 Å². The second kappa shape index (κ2) is 6.94. The number of carbonyl (C=O) groups is 1. The molecular formula is C20H12BrClN2O2. The molecular weight excluding hydrogens is 416 g/mol. The summed E-state index contributed by atoms with van der Waals surface area (Å²) < 4.78 is 5.96. The van der Waals surface area contributed by atoms with E-state index in [0.29, 0.717) is 16.4 Å².